The third-order valence-corrected chi connectivity index (χ3v) is 3.60. The van der Waals surface area contributed by atoms with Crippen molar-refractivity contribution in [1.82, 2.24) is 10.6 Å². The van der Waals surface area contributed by atoms with Crippen LogP contribution in [0.2, 0.25) is 0 Å². The predicted molar refractivity (Wildman–Crippen MR) is 90.2 cm³/mol. The highest BCUT2D eigenvalue weighted by Gasteiger charge is 2.04. The highest BCUT2D eigenvalue weighted by molar-refractivity contribution is 5.87. The van der Waals surface area contributed by atoms with Crippen molar-refractivity contribution >= 4 is 12.0 Å². The lowest BCUT2D eigenvalue weighted by atomic mass is 10.1. The molecule has 3 N–H and O–H groups in total. The van der Waals surface area contributed by atoms with Crippen LogP contribution in [0.3, 0.4) is 0 Å². The van der Waals surface area contributed by atoms with Crippen molar-refractivity contribution in [2.24, 2.45) is 0 Å². The topological polar surface area (TPSA) is 87.7 Å². The van der Waals surface area contributed by atoms with Gasteiger partial charge in [0.2, 0.25) is 0 Å². The van der Waals surface area contributed by atoms with Gasteiger partial charge in [0.05, 0.1) is 5.56 Å². The Morgan fingerprint density at radius 2 is 1.71 bits per heavy atom. The molecule has 2 aromatic rings. The van der Waals surface area contributed by atoms with E-state index in [1.807, 2.05) is 32.0 Å². The number of carbonyl (C=O) groups excluding carboxylic acids is 1. The number of benzene rings is 2. The summed E-state index contributed by atoms with van der Waals surface area (Å²) in [6.07, 6.45) is 0. The summed E-state index contributed by atoms with van der Waals surface area (Å²) in [5.74, 6) is -0.279. The fourth-order valence-electron chi connectivity index (χ4n) is 2.00. The number of carboxylic acid groups (broad SMARTS) is 1. The quantitative estimate of drug-likeness (QED) is 0.712. The predicted octanol–water partition coefficient (Wildman–Crippen LogP) is 2.84. The molecule has 0 saturated heterocycles. The van der Waals surface area contributed by atoms with Gasteiger partial charge in [0.1, 0.15) is 5.75 Å². The number of aromatic carboxylic acids is 1. The van der Waals surface area contributed by atoms with Crippen LogP contribution in [0.1, 0.15) is 27.0 Å². The molecule has 0 aromatic heterocycles. The molecule has 0 aliphatic rings. The summed E-state index contributed by atoms with van der Waals surface area (Å²) < 4.78 is 5.47. The molecule has 0 heterocycles. The average Bonchev–Trinajstić information content (AvgIpc) is 2.56. The largest absolute Gasteiger partial charge is 0.478 e. The number of aryl methyl sites for hydroxylation is 2. The molecule has 0 atom stereocenters. The van der Waals surface area contributed by atoms with Gasteiger partial charge < -0.3 is 20.5 Å². The zero-order valence-corrected chi connectivity index (χ0v) is 13.6. The number of carbonyl (C=O) groups is 2. The molecule has 6 heteroatoms. The Morgan fingerprint density at radius 3 is 2.33 bits per heavy atom. The Kier molecular flexibility index (Phi) is 5.78. The van der Waals surface area contributed by atoms with Gasteiger partial charge in [-0.15, -0.1) is 0 Å². The van der Waals surface area contributed by atoms with Crippen molar-refractivity contribution in [3.8, 4) is 5.75 Å². The van der Waals surface area contributed by atoms with Crippen LogP contribution in [0, 0.1) is 13.8 Å². The molecule has 0 aliphatic carbocycles. The van der Waals surface area contributed by atoms with Crippen LogP contribution in [0.5, 0.6) is 5.75 Å². The van der Waals surface area contributed by atoms with Gasteiger partial charge in [-0.3, -0.25) is 0 Å². The van der Waals surface area contributed by atoms with Crippen LogP contribution in [-0.2, 0) is 6.54 Å². The van der Waals surface area contributed by atoms with Crippen molar-refractivity contribution in [3.63, 3.8) is 0 Å². The Morgan fingerprint density at radius 1 is 1.00 bits per heavy atom. The van der Waals surface area contributed by atoms with E-state index >= 15 is 0 Å². The van der Waals surface area contributed by atoms with E-state index in [-0.39, 0.29) is 18.3 Å². The monoisotopic (exact) mass is 328 g/mol. The molecule has 0 unspecified atom stereocenters. The molecule has 126 valence electrons. The minimum atomic E-state index is -0.976. The summed E-state index contributed by atoms with van der Waals surface area (Å²) in [7, 11) is 0. The van der Waals surface area contributed by atoms with Crippen LogP contribution in [0.15, 0.2) is 42.5 Å². The summed E-state index contributed by atoms with van der Waals surface area (Å²) in [4.78, 5) is 22.5. The van der Waals surface area contributed by atoms with E-state index in [1.54, 1.807) is 12.1 Å². The van der Waals surface area contributed by atoms with Gasteiger partial charge in [-0.05, 0) is 54.8 Å². The van der Waals surface area contributed by atoms with Crippen LogP contribution in [0.25, 0.3) is 0 Å². The average molecular weight is 328 g/mol. The second-order valence-electron chi connectivity index (χ2n) is 5.40. The Labute approximate surface area is 140 Å². The zero-order chi connectivity index (χ0) is 17.5. The zero-order valence-electron chi connectivity index (χ0n) is 13.6. The van der Waals surface area contributed by atoms with Gasteiger partial charge in [0.15, 0.2) is 6.73 Å². The van der Waals surface area contributed by atoms with E-state index in [2.05, 4.69) is 10.6 Å². The Hall–Kier alpha value is -3.02. The fourth-order valence-corrected chi connectivity index (χ4v) is 2.00. The highest BCUT2D eigenvalue weighted by atomic mass is 16.5. The van der Waals surface area contributed by atoms with Gasteiger partial charge in [-0.1, -0.05) is 18.2 Å². The third-order valence-electron chi connectivity index (χ3n) is 3.60. The summed E-state index contributed by atoms with van der Waals surface area (Å²) in [6, 6.07) is 11.7. The maximum absolute atomic E-state index is 11.7. The standard InChI is InChI=1S/C18H20N2O4/c1-12-3-8-16(9-13(12)2)24-11-20-18(23)19-10-14-4-6-15(7-5-14)17(21)22/h3-9H,10-11H2,1-2H3,(H,21,22)(H2,19,20,23). The maximum atomic E-state index is 11.7. The van der Waals surface area contributed by atoms with Gasteiger partial charge >= 0.3 is 12.0 Å². The number of nitrogens with one attached hydrogen (secondary N) is 2. The summed E-state index contributed by atoms with van der Waals surface area (Å²) in [6.45, 7) is 4.38. The number of hydrogen-bond donors (Lipinski definition) is 3. The lowest BCUT2D eigenvalue weighted by Crippen LogP contribution is -2.37. The van der Waals surface area contributed by atoms with Crippen molar-refractivity contribution in [2.45, 2.75) is 20.4 Å². The van der Waals surface area contributed by atoms with E-state index in [0.717, 1.165) is 11.1 Å². The molecule has 2 aromatic carbocycles. The molecule has 0 fully saturated rings. The molecule has 6 nitrogen and oxygen atoms in total. The van der Waals surface area contributed by atoms with E-state index in [4.69, 9.17) is 9.84 Å². The molecule has 0 aliphatic heterocycles. The molecule has 2 rings (SSSR count). The number of ether oxygens (including phenoxy) is 1. The summed E-state index contributed by atoms with van der Waals surface area (Å²) in [5, 5.41) is 14.1. The second-order valence-corrected chi connectivity index (χ2v) is 5.40. The third kappa shape index (κ3) is 5.01. The van der Waals surface area contributed by atoms with Crippen molar-refractivity contribution in [1.29, 1.82) is 0 Å². The number of carboxylic acids is 1. The van der Waals surface area contributed by atoms with Crippen LogP contribution in [0.4, 0.5) is 4.79 Å². The first-order valence-electron chi connectivity index (χ1n) is 7.49. The maximum Gasteiger partial charge on any atom is 0.335 e. The van der Waals surface area contributed by atoms with E-state index < -0.39 is 5.97 Å². The smallest absolute Gasteiger partial charge is 0.335 e. The Bertz CT molecular complexity index is 726. The lowest BCUT2D eigenvalue weighted by molar-refractivity contribution is 0.0697. The summed E-state index contributed by atoms with van der Waals surface area (Å²) in [5.41, 5.74) is 3.33. The molecule has 0 radical (unpaired) electrons. The first kappa shape index (κ1) is 17.3. The normalized spacial score (nSPS) is 10.1. The number of amides is 2. The van der Waals surface area contributed by atoms with Crippen molar-refractivity contribution in [2.75, 3.05) is 6.73 Å². The molecular weight excluding hydrogens is 308 g/mol. The molecular formula is C18H20N2O4. The van der Waals surface area contributed by atoms with Crippen LogP contribution >= 0.6 is 0 Å². The minimum Gasteiger partial charge on any atom is -0.478 e. The number of hydrogen-bond acceptors (Lipinski definition) is 3. The molecule has 2 amide bonds. The van der Waals surface area contributed by atoms with Crippen LogP contribution < -0.4 is 15.4 Å². The van der Waals surface area contributed by atoms with Crippen molar-refractivity contribution in [3.05, 3.63) is 64.7 Å². The van der Waals surface area contributed by atoms with Gasteiger partial charge in [-0.2, -0.15) is 0 Å². The van der Waals surface area contributed by atoms with Crippen molar-refractivity contribution < 1.29 is 19.4 Å². The van der Waals surface area contributed by atoms with E-state index in [1.165, 1.54) is 17.7 Å². The van der Waals surface area contributed by atoms with E-state index in [9.17, 15) is 9.59 Å². The van der Waals surface area contributed by atoms with Gasteiger partial charge in [0.25, 0.3) is 0 Å². The number of rotatable bonds is 6. The Balaban J connectivity index is 1.73. The molecule has 0 saturated carbocycles. The molecule has 0 spiro atoms. The number of urea groups is 1. The minimum absolute atomic E-state index is 0.0618. The summed E-state index contributed by atoms with van der Waals surface area (Å²) >= 11 is 0. The van der Waals surface area contributed by atoms with Crippen LogP contribution in [-0.4, -0.2) is 23.8 Å². The highest BCUT2D eigenvalue weighted by Crippen LogP contribution is 2.15. The first-order valence-corrected chi connectivity index (χ1v) is 7.49. The van der Waals surface area contributed by atoms with Gasteiger partial charge in [0, 0.05) is 6.54 Å². The lowest BCUT2D eigenvalue weighted by Gasteiger charge is -2.10. The molecule has 0 bridgehead atoms. The second kappa shape index (κ2) is 8.01. The molecule has 24 heavy (non-hydrogen) atoms. The first-order chi connectivity index (χ1) is 11.5. The SMILES string of the molecule is Cc1ccc(OCNC(=O)NCc2ccc(C(=O)O)cc2)cc1C. The van der Waals surface area contributed by atoms with Gasteiger partial charge in [-0.25, -0.2) is 9.59 Å². The van der Waals surface area contributed by atoms with E-state index in [0.29, 0.717) is 12.3 Å². The fraction of sp³-hybridized carbons (Fsp3) is 0.222.